The molecule has 19 heavy (non-hydrogen) atoms. The van der Waals surface area contributed by atoms with Crippen LogP contribution in [0.5, 0.6) is 0 Å². The smallest absolute Gasteiger partial charge is 0.324 e. The number of hydrogen-bond donors (Lipinski definition) is 2. The highest BCUT2D eigenvalue weighted by atomic mass is 32.1. The summed E-state index contributed by atoms with van der Waals surface area (Å²) in [4.78, 5) is 37.5. The topological polar surface area (TPSA) is 81.8 Å². The van der Waals surface area contributed by atoms with Gasteiger partial charge in [-0.3, -0.25) is 15.0 Å². The molecule has 2 aliphatic rings. The van der Waals surface area contributed by atoms with Crippen molar-refractivity contribution in [1.29, 1.82) is 0 Å². The van der Waals surface area contributed by atoms with E-state index in [1.807, 2.05) is 17.5 Å². The Labute approximate surface area is 113 Å². The highest BCUT2D eigenvalue weighted by molar-refractivity contribution is 7.14. The average molecular weight is 280 g/mol. The molecule has 2 aliphatic heterocycles. The number of carbonyl (C=O) groups excluding carboxylic acids is 3. The van der Waals surface area contributed by atoms with E-state index in [-0.39, 0.29) is 30.6 Å². The van der Waals surface area contributed by atoms with Crippen molar-refractivity contribution in [2.24, 2.45) is 0 Å². The summed E-state index contributed by atoms with van der Waals surface area (Å²) in [6.07, 6.45) is 0. The lowest BCUT2D eigenvalue weighted by molar-refractivity contribution is -0.128. The van der Waals surface area contributed by atoms with E-state index in [9.17, 15) is 14.4 Å². The third kappa shape index (κ3) is 2.14. The number of nitrogens with one attached hydrogen (secondary N) is 2. The fraction of sp³-hybridized carbons (Fsp3) is 0.364. The van der Waals surface area contributed by atoms with E-state index in [1.54, 1.807) is 4.90 Å². The van der Waals surface area contributed by atoms with Gasteiger partial charge in [-0.2, -0.15) is 0 Å². The fourth-order valence-electron chi connectivity index (χ4n) is 2.12. The SMILES string of the molecule is O=C(Nc1cccs1)N1CC(N2C(=O)CNC2=O)C1. The predicted octanol–water partition coefficient (Wildman–Crippen LogP) is 0.516. The summed E-state index contributed by atoms with van der Waals surface area (Å²) in [6, 6.07) is 2.90. The van der Waals surface area contributed by atoms with Crippen LogP contribution in [0.25, 0.3) is 0 Å². The molecule has 8 heteroatoms. The Hall–Kier alpha value is -2.09. The van der Waals surface area contributed by atoms with E-state index in [0.717, 1.165) is 5.00 Å². The monoisotopic (exact) mass is 280 g/mol. The lowest BCUT2D eigenvalue weighted by Crippen LogP contribution is -2.63. The van der Waals surface area contributed by atoms with Crippen molar-refractivity contribution in [2.75, 3.05) is 25.0 Å². The maximum Gasteiger partial charge on any atom is 0.324 e. The zero-order valence-electron chi connectivity index (χ0n) is 9.96. The lowest BCUT2D eigenvalue weighted by Gasteiger charge is -2.42. The molecule has 2 N–H and O–H groups in total. The van der Waals surface area contributed by atoms with E-state index in [2.05, 4.69) is 10.6 Å². The van der Waals surface area contributed by atoms with Gasteiger partial charge >= 0.3 is 12.1 Å². The van der Waals surface area contributed by atoms with Crippen molar-refractivity contribution in [1.82, 2.24) is 15.1 Å². The third-order valence-corrected chi connectivity index (χ3v) is 3.93. The van der Waals surface area contributed by atoms with Gasteiger partial charge in [0.2, 0.25) is 5.91 Å². The first-order valence-electron chi connectivity index (χ1n) is 5.84. The summed E-state index contributed by atoms with van der Waals surface area (Å²) in [5.74, 6) is -0.228. The Morgan fingerprint density at radius 3 is 2.79 bits per heavy atom. The Balaban J connectivity index is 1.54. The first-order valence-corrected chi connectivity index (χ1v) is 6.72. The number of rotatable bonds is 2. The first kappa shape index (κ1) is 12.0. The summed E-state index contributed by atoms with van der Waals surface area (Å²) in [5, 5.41) is 7.89. The second-order valence-electron chi connectivity index (χ2n) is 4.39. The van der Waals surface area contributed by atoms with Crippen LogP contribution in [0.3, 0.4) is 0 Å². The number of nitrogens with zero attached hydrogens (tertiary/aromatic N) is 2. The number of hydrogen-bond acceptors (Lipinski definition) is 4. The molecular weight excluding hydrogens is 268 g/mol. The Kier molecular flexibility index (Phi) is 2.86. The number of carbonyl (C=O) groups is 3. The molecule has 2 fully saturated rings. The second kappa shape index (κ2) is 4.54. The number of amides is 5. The molecule has 1 aromatic heterocycles. The van der Waals surface area contributed by atoms with Crippen molar-refractivity contribution in [3.63, 3.8) is 0 Å². The van der Waals surface area contributed by atoms with Gasteiger partial charge < -0.3 is 10.2 Å². The van der Waals surface area contributed by atoms with Crippen LogP contribution in [0.2, 0.25) is 0 Å². The molecule has 0 atom stereocenters. The van der Waals surface area contributed by atoms with Crippen LogP contribution >= 0.6 is 11.3 Å². The van der Waals surface area contributed by atoms with E-state index in [4.69, 9.17) is 0 Å². The van der Waals surface area contributed by atoms with Crippen molar-refractivity contribution in [2.45, 2.75) is 6.04 Å². The zero-order valence-corrected chi connectivity index (χ0v) is 10.8. The summed E-state index contributed by atoms with van der Waals surface area (Å²) in [6.45, 7) is 0.823. The predicted molar refractivity (Wildman–Crippen MR) is 68.9 cm³/mol. The summed E-state index contributed by atoms with van der Waals surface area (Å²) >= 11 is 1.44. The van der Waals surface area contributed by atoms with Crippen molar-refractivity contribution >= 4 is 34.3 Å². The standard InChI is InChI=1S/C11H12N4O3S/c16-9-4-12-10(17)15(9)7-5-14(6-7)11(18)13-8-2-1-3-19-8/h1-3,7H,4-6H2,(H,12,17)(H,13,18). The summed E-state index contributed by atoms with van der Waals surface area (Å²) in [7, 11) is 0. The zero-order chi connectivity index (χ0) is 13.4. The van der Waals surface area contributed by atoms with Crippen molar-refractivity contribution < 1.29 is 14.4 Å². The second-order valence-corrected chi connectivity index (χ2v) is 5.34. The van der Waals surface area contributed by atoms with Gasteiger partial charge in [0, 0.05) is 13.1 Å². The van der Waals surface area contributed by atoms with Gasteiger partial charge in [-0.15, -0.1) is 11.3 Å². The largest absolute Gasteiger partial charge is 0.329 e. The highest BCUT2D eigenvalue weighted by Gasteiger charge is 2.42. The minimum Gasteiger partial charge on any atom is -0.329 e. The van der Waals surface area contributed by atoms with Gasteiger partial charge in [0.1, 0.15) is 0 Å². The molecule has 5 amide bonds. The van der Waals surface area contributed by atoms with Gasteiger partial charge in [0.05, 0.1) is 17.6 Å². The van der Waals surface area contributed by atoms with Crippen LogP contribution in [0.1, 0.15) is 0 Å². The molecule has 0 radical (unpaired) electrons. The van der Waals surface area contributed by atoms with Crippen LogP contribution in [-0.2, 0) is 4.79 Å². The number of thiophene rings is 1. The number of imide groups is 1. The van der Waals surface area contributed by atoms with Crippen LogP contribution in [0.15, 0.2) is 17.5 Å². The molecular formula is C11H12N4O3S. The fourth-order valence-corrected chi connectivity index (χ4v) is 2.73. The number of urea groups is 2. The molecule has 7 nitrogen and oxygen atoms in total. The number of likely N-dealkylation sites (tertiary alicyclic amines) is 1. The minimum absolute atomic E-state index is 0.0523. The molecule has 100 valence electrons. The first-order chi connectivity index (χ1) is 9.15. The van der Waals surface area contributed by atoms with Crippen molar-refractivity contribution in [3.8, 4) is 0 Å². The third-order valence-electron chi connectivity index (χ3n) is 3.14. The summed E-state index contributed by atoms with van der Waals surface area (Å²) < 4.78 is 0. The van der Waals surface area contributed by atoms with Crippen LogP contribution in [0, 0.1) is 0 Å². The molecule has 0 spiro atoms. The molecule has 1 aromatic rings. The van der Waals surface area contributed by atoms with Gasteiger partial charge in [0.15, 0.2) is 0 Å². The van der Waals surface area contributed by atoms with Gasteiger partial charge in [-0.1, -0.05) is 0 Å². The molecule has 2 saturated heterocycles. The normalized spacial score (nSPS) is 19.4. The Bertz CT molecular complexity index is 508. The van der Waals surface area contributed by atoms with E-state index in [1.165, 1.54) is 16.2 Å². The maximum absolute atomic E-state index is 11.8. The molecule has 0 bridgehead atoms. The molecule has 0 aliphatic carbocycles. The molecule has 3 heterocycles. The molecule has 0 aromatic carbocycles. The van der Waals surface area contributed by atoms with E-state index < -0.39 is 0 Å². The number of anilines is 1. The van der Waals surface area contributed by atoms with E-state index in [0.29, 0.717) is 13.1 Å². The van der Waals surface area contributed by atoms with Gasteiger partial charge in [0.25, 0.3) is 0 Å². The van der Waals surface area contributed by atoms with Gasteiger partial charge in [-0.05, 0) is 17.5 Å². The minimum atomic E-state index is -0.367. The van der Waals surface area contributed by atoms with Crippen LogP contribution in [0.4, 0.5) is 14.6 Å². The molecule has 3 rings (SSSR count). The van der Waals surface area contributed by atoms with Crippen molar-refractivity contribution in [3.05, 3.63) is 17.5 Å². The molecule has 0 saturated carbocycles. The lowest BCUT2D eigenvalue weighted by atomic mass is 10.1. The van der Waals surface area contributed by atoms with Crippen LogP contribution < -0.4 is 10.6 Å². The van der Waals surface area contributed by atoms with E-state index >= 15 is 0 Å². The highest BCUT2D eigenvalue weighted by Crippen LogP contribution is 2.20. The summed E-state index contributed by atoms with van der Waals surface area (Å²) in [5.41, 5.74) is 0. The Morgan fingerprint density at radius 2 is 2.21 bits per heavy atom. The average Bonchev–Trinajstić information content (AvgIpc) is 2.91. The quantitative estimate of drug-likeness (QED) is 0.775. The van der Waals surface area contributed by atoms with Crippen LogP contribution in [-0.4, -0.2) is 53.4 Å². The maximum atomic E-state index is 11.8. The van der Waals surface area contributed by atoms with Gasteiger partial charge in [-0.25, -0.2) is 9.59 Å². The molecule has 0 unspecified atom stereocenters. The Morgan fingerprint density at radius 1 is 1.42 bits per heavy atom.